The van der Waals surface area contributed by atoms with Crippen molar-refractivity contribution < 1.29 is 9.59 Å². The fourth-order valence-corrected chi connectivity index (χ4v) is 4.79. The highest BCUT2D eigenvalue weighted by Gasteiger charge is 2.28. The van der Waals surface area contributed by atoms with E-state index in [1.807, 2.05) is 15.2 Å². The minimum atomic E-state index is 0.179. The highest BCUT2D eigenvalue weighted by atomic mass is 32.1. The fraction of sp³-hybridized carbons (Fsp3) is 0.684. The van der Waals surface area contributed by atoms with Gasteiger partial charge < -0.3 is 9.80 Å². The number of amides is 2. The van der Waals surface area contributed by atoms with Gasteiger partial charge in [-0.15, -0.1) is 11.3 Å². The molecule has 0 aromatic carbocycles. The second kappa shape index (κ2) is 7.68. The van der Waals surface area contributed by atoms with Crippen molar-refractivity contribution in [2.24, 2.45) is 5.92 Å². The van der Waals surface area contributed by atoms with Crippen LogP contribution in [0.15, 0.2) is 11.4 Å². The third-order valence-electron chi connectivity index (χ3n) is 5.34. The number of piperidine rings is 1. The second-order valence-corrected chi connectivity index (χ2v) is 8.30. The summed E-state index contributed by atoms with van der Waals surface area (Å²) in [5.41, 5.74) is 1.16. The van der Waals surface area contributed by atoms with E-state index < -0.39 is 0 Å². The molecule has 132 valence electrons. The molecule has 0 saturated carbocycles. The summed E-state index contributed by atoms with van der Waals surface area (Å²) in [6.07, 6.45) is 4.87. The summed E-state index contributed by atoms with van der Waals surface area (Å²) in [5.74, 6) is 1.32. The predicted octanol–water partition coefficient (Wildman–Crippen LogP) is 3.74. The Morgan fingerprint density at radius 2 is 1.79 bits per heavy atom. The molecule has 0 atom stereocenters. The zero-order valence-corrected chi connectivity index (χ0v) is 15.6. The predicted molar refractivity (Wildman–Crippen MR) is 97.5 cm³/mol. The van der Waals surface area contributed by atoms with Crippen LogP contribution in [0.2, 0.25) is 0 Å². The Morgan fingerprint density at radius 1 is 1.12 bits per heavy atom. The van der Waals surface area contributed by atoms with Gasteiger partial charge in [0.1, 0.15) is 0 Å². The molecule has 2 amide bonds. The van der Waals surface area contributed by atoms with Crippen LogP contribution in [0.4, 0.5) is 0 Å². The van der Waals surface area contributed by atoms with Crippen LogP contribution in [0.5, 0.6) is 0 Å². The first kappa shape index (κ1) is 17.5. The molecule has 0 spiro atoms. The average Bonchev–Trinajstić information content (AvgIpc) is 3.26. The molecule has 0 radical (unpaired) electrons. The maximum Gasteiger partial charge on any atom is 0.264 e. The van der Waals surface area contributed by atoms with Crippen LogP contribution in [-0.4, -0.2) is 47.8 Å². The molecule has 1 aromatic heterocycles. The fourth-order valence-electron chi connectivity index (χ4n) is 3.77. The summed E-state index contributed by atoms with van der Waals surface area (Å²) < 4.78 is 0. The molecule has 3 rings (SSSR count). The number of likely N-dealkylation sites (tertiary alicyclic amines) is 2. The van der Waals surface area contributed by atoms with Crippen molar-refractivity contribution in [3.05, 3.63) is 21.9 Å². The molecule has 0 aliphatic carbocycles. The number of carbonyl (C=O) groups excluding carboxylic acids is 2. The van der Waals surface area contributed by atoms with Crippen LogP contribution in [0.3, 0.4) is 0 Å². The molecule has 1 aromatic rings. The molecule has 4 nitrogen and oxygen atoms in total. The van der Waals surface area contributed by atoms with Crippen molar-refractivity contribution in [3.8, 4) is 0 Å². The molecule has 2 aliphatic heterocycles. The van der Waals surface area contributed by atoms with Gasteiger partial charge in [-0.2, -0.15) is 0 Å². The van der Waals surface area contributed by atoms with Crippen LogP contribution < -0.4 is 0 Å². The quantitative estimate of drug-likeness (QED) is 0.832. The van der Waals surface area contributed by atoms with Crippen molar-refractivity contribution >= 4 is 23.2 Å². The van der Waals surface area contributed by atoms with Gasteiger partial charge in [-0.05, 0) is 54.5 Å². The molecule has 0 bridgehead atoms. The monoisotopic (exact) mass is 348 g/mol. The maximum atomic E-state index is 12.8. The molecule has 2 aliphatic rings. The van der Waals surface area contributed by atoms with Gasteiger partial charge in [-0.25, -0.2) is 0 Å². The lowest BCUT2D eigenvalue weighted by atomic mass is 9.92. The van der Waals surface area contributed by atoms with E-state index in [1.165, 1.54) is 0 Å². The number of hydrogen-bond donors (Lipinski definition) is 0. The van der Waals surface area contributed by atoms with Crippen LogP contribution in [0.1, 0.15) is 67.1 Å². The van der Waals surface area contributed by atoms with Crippen LogP contribution >= 0.6 is 11.3 Å². The highest BCUT2D eigenvalue weighted by molar-refractivity contribution is 7.12. The van der Waals surface area contributed by atoms with E-state index in [2.05, 4.69) is 19.9 Å². The Bertz CT molecular complexity index is 582. The van der Waals surface area contributed by atoms with Crippen molar-refractivity contribution in [2.75, 3.05) is 26.2 Å². The molecular formula is C19H28N2O2S. The number of rotatable bonds is 4. The van der Waals surface area contributed by atoms with Crippen molar-refractivity contribution in [1.82, 2.24) is 9.80 Å². The van der Waals surface area contributed by atoms with E-state index in [0.29, 0.717) is 24.2 Å². The number of hydrogen-bond acceptors (Lipinski definition) is 3. The van der Waals surface area contributed by atoms with Gasteiger partial charge >= 0.3 is 0 Å². The molecule has 0 N–H and O–H groups in total. The first-order chi connectivity index (χ1) is 11.6. The summed E-state index contributed by atoms with van der Waals surface area (Å²) in [6.45, 7) is 7.71. The summed E-state index contributed by atoms with van der Waals surface area (Å²) in [4.78, 5) is 30.0. The third-order valence-corrected chi connectivity index (χ3v) is 6.25. The number of nitrogens with zero attached hydrogens (tertiary/aromatic N) is 2. The summed E-state index contributed by atoms with van der Waals surface area (Å²) in [7, 11) is 0. The number of carbonyl (C=O) groups is 2. The molecule has 2 fully saturated rings. The zero-order valence-electron chi connectivity index (χ0n) is 14.8. The molecule has 3 heterocycles. The Morgan fingerprint density at radius 3 is 2.42 bits per heavy atom. The standard InChI is InChI=1S/C19H28N2O2S/c1-14(2)16-7-12-24-18(16)19(23)21-10-5-15(6-11-21)13-17(22)20-8-3-4-9-20/h7,12,14-15H,3-6,8-11,13H2,1-2H3. The minimum Gasteiger partial charge on any atom is -0.343 e. The van der Waals surface area contributed by atoms with E-state index in [1.54, 1.807) is 11.3 Å². The lowest BCUT2D eigenvalue weighted by Gasteiger charge is -2.32. The van der Waals surface area contributed by atoms with Crippen molar-refractivity contribution in [1.29, 1.82) is 0 Å². The van der Waals surface area contributed by atoms with Crippen LogP contribution in [0, 0.1) is 5.92 Å². The smallest absolute Gasteiger partial charge is 0.264 e. The van der Waals surface area contributed by atoms with Gasteiger partial charge in [0.2, 0.25) is 5.91 Å². The third kappa shape index (κ3) is 3.82. The SMILES string of the molecule is CC(C)c1ccsc1C(=O)N1CCC(CC(=O)N2CCCC2)CC1. The van der Waals surface area contributed by atoms with Gasteiger partial charge in [0.25, 0.3) is 5.91 Å². The topological polar surface area (TPSA) is 40.6 Å². The van der Waals surface area contributed by atoms with Gasteiger partial charge in [0.15, 0.2) is 0 Å². The van der Waals surface area contributed by atoms with Gasteiger partial charge in [0.05, 0.1) is 4.88 Å². The first-order valence-corrected chi connectivity index (χ1v) is 10.1. The van der Waals surface area contributed by atoms with Crippen LogP contribution in [0.25, 0.3) is 0 Å². The average molecular weight is 349 g/mol. The summed E-state index contributed by atoms with van der Waals surface area (Å²) in [6, 6.07) is 2.07. The molecular weight excluding hydrogens is 320 g/mol. The lowest BCUT2D eigenvalue weighted by Crippen LogP contribution is -2.40. The van der Waals surface area contributed by atoms with Crippen LogP contribution in [-0.2, 0) is 4.79 Å². The van der Waals surface area contributed by atoms with Gasteiger partial charge in [-0.1, -0.05) is 13.8 Å². The normalized spacial score (nSPS) is 19.3. The zero-order chi connectivity index (χ0) is 17.1. The van der Waals surface area contributed by atoms with Crippen molar-refractivity contribution in [2.45, 2.75) is 51.9 Å². The van der Waals surface area contributed by atoms with E-state index >= 15 is 0 Å². The molecule has 5 heteroatoms. The first-order valence-electron chi connectivity index (χ1n) is 9.20. The largest absolute Gasteiger partial charge is 0.343 e. The van der Waals surface area contributed by atoms with E-state index in [-0.39, 0.29) is 5.91 Å². The summed E-state index contributed by atoms with van der Waals surface area (Å²) in [5, 5.41) is 2.02. The van der Waals surface area contributed by atoms with E-state index in [0.717, 1.165) is 62.3 Å². The van der Waals surface area contributed by atoms with E-state index in [4.69, 9.17) is 0 Å². The van der Waals surface area contributed by atoms with Gasteiger partial charge in [0, 0.05) is 32.6 Å². The van der Waals surface area contributed by atoms with E-state index in [9.17, 15) is 9.59 Å². The minimum absolute atomic E-state index is 0.179. The Balaban J connectivity index is 1.52. The Kier molecular flexibility index (Phi) is 5.59. The molecule has 0 unspecified atom stereocenters. The second-order valence-electron chi connectivity index (χ2n) is 7.39. The van der Waals surface area contributed by atoms with Crippen molar-refractivity contribution in [3.63, 3.8) is 0 Å². The Labute approximate surface area is 148 Å². The van der Waals surface area contributed by atoms with Gasteiger partial charge in [-0.3, -0.25) is 9.59 Å². The molecule has 24 heavy (non-hydrogen) atoms. The highest BCUT2D eigenvalue weighted by Crippen LogP contribution is 2.29. The number of thiophene rings is 1. The molecule has 2 saturated heterocycles. The summed E-state index contributed by atoms with van der Waals surface area (Å²) >= 11 is 1.56. The maximum absolute atomic E-state index is 12.8. The lowest BCUT2D eigenvalue weighted by molar-refractivity contribution is -0.131. The Hall–Kier alpha value is -1.36.